The van der Waals surface area contributed by atoms with Crippen LogP contribution in [0.4, 0.5) is 18.9 Å². The van der Waals surface area contributed by atoms with E-state index in [1.54, 1.807) is 6.92 Å². The third-order valence-electron chi connectivity index (χ3n) is 1.40. The van der Waals surface area contributed by atoms with E-state index in [1.807, 2.05) is 0 Å². The Morgan fingerprint density at radius 2 is 2.07 bits per heavy atom. The molecule has 14 heavy (non-hydrogen) atoms. The zero-order chi connectivity index (χ0) is 10.9. The first-order valence-corrected chi connectivity index (χ1v) is 4.27. The highest BCUT2D eigenvalue weighted by Crippen LogP contribution is 2.33. The van der Waals surface area contributed by atoms with Crippen molar-refractivity contribution in [3.05, 3.63) is 16.2 Å². The lowest BCUT2D eigenvalue weighted by Gasteiger charge is -2.11. The van der Waals surface area contributed by atoms with Crippen LogP contribution in [0.5, 0.6) is 5.88 Å². The Hall–Kier alpha value is -0.980. The van der Waals surface area contributed by atoms with Crippen LogP contribution in [-0.2, 0) is 0 Å². The van der Waals surface area contributed by atoms with Gasteiger partial charge in [-0.15, -0.1) is 13.2 Å². The SMILES string of the molecule is Cc1cnc(OC(F)(F)F)c(N)c1Br. The number of nitrogen functional groups attached to an aromatic ring is 1. The number of ether oxygens (including phenoxy) is 1. The summed E-state index contributed by atoms with van der Waals surface area (Å²) in [4.78, 5) is 3.43. The van der Waals surface area contributed by atoms with Crippen molar-refractivity contribution in [3.8, 4) is 5.88 Å². The highest BCUT2D eigenvalue weighted by Gasteiger charge is 2.33. The second kappa shape index (κ2) is 3.64. The third kappa shape index (κ3) is 2.50. The number of halogens is 4. The molecule has 1 aromatic heterocycles. The van der Waals surface area contributed by atoms with E-state index >= 15 is 0 Å². The van der Waals surface area contributed by atoms with Gasteiger partial charge in [0.05, 0.1) is 4.47 Å². The molecule has 0 bridgehead atoms. The molecule has 3 nitrogen and oxygen atoms in total. The molecule has 1 heterocycles. The monoisotopic (exact) mass is 270 g/mol. The molecule has 0 aliphatic heterocycles. The molecule has 0 saturated carbocycles. The van der Waals surface area contributed by atoms with Gasteiger partial charge in [-0.05, 0) is 28.4 Å². The highest BCUT2D eigenvalue weighted by molar-refractivity contribution is 9.10. The van der Waals surface area contributed by atoms with Gasteiger partial charge in [0.25, 0.3) is 0 Å². The maximum Gasteiger partial charge on any atom is 0.574 e. The van der Waals surface area contributed by atoms with Crippen molar-refractivity contribution in [1.29, 1.82) is 0 Å². The van der Waals surface area contributed by atoms with E-state index in [1.165, 1.54) is 6.20 Å². The molecule has 0 radical (unpaired) electrons. The van der Waals surface area contributed by atoms with Crippen molar-refractivity contribution >= 4 is 21.6 Å². The maximum absolute atomic E-state index is 11.8. The minimum Gasteiger partial charge on any atom is -0.393 e. The molecule has 0 amide bonds. The first kappa shape index (κ1) is 11.1. The molecule has 1 aromatic rings. The van der Waals surface area contributed by atoms with Crippen molar-refractivity contribution in [2.75, 3.05) is 5.73 Å². The second-order valence-corrected chi connectivity index (χ2v) is 3.31. The highest BCUT2D eigenvalue weighted by atomic mass is 79.9. The molecule has 0 aliphatic carbocycles. The second-order valence-electron chi connectivity index (χ2n) is 2.52. The lowest BCUT2D eigenvalue weighted by atomic mass is 10.3. The van der Waals surface area contributed by atoms with E-state index in [0.717, 1.165) is 0 Å². The lowest BCUT2D eigenvalue weighted by molar-refractivity contribution is -0.275. The molecule has 0 aliphatic rings. The molecule has 0 atom stereocenters. The van der Waals surface area contributed by atoms with E-state index in [-0.39, 0.29) is 5.69 Å². The summed E-state index contributed by atoms with van der Waals surface area (Å²) in [5.41, 5.74) is 5.83. The van der Waals surface area contributed by atoms with Gasteiger partial charge >= 0.3 is 6.36 Å². The molecule has 0 aromatic carbocycles. The average molecular weight is 271 g/mol. The van der Waals surface area contributed by atoms with Crippen LogP contribution in [0.3, 0.4) is 0 Å². The van der Waals surface area contributed by atoms with Crippen molar-refractivity contribution in [2.24, 2.45) is 0 Å². The Bertz CT molecular complexity index is 354. The number of nitrogens with zero attached hydrogens (tertiary/aromatic N) is 1. The van der Waals surface area contributed by atoms with E-state index in [4.69, 9.17) is 5.73 Å². The summed E-state index contributed by atoms with van der Waals surface area (Å²) >= 11 is 3.03. The minimum atomic E-state index is -4.78. The summed E-state index contributed by atoms with van der Waals surface area (Å²) in [6.07, 6.45) is -3.54. The fraction of sp³-hybridized carbons (Fsp3) is 0.286. The number of aryl methyl sites for hydroxylation is 1. The van der Waals surface area contributed by atoms with Gasteiger partial charge in [-0.25, -0.2) is 4.98 Å². The molecule has 2 N–H and O–H groups in total. The molecule has 0 unspecified atom stereocenters. The molecule has 1 rings (SSSR count). The Balaban J connectivity index is 3.06. The van der Waals surface area contributed by atoms with Crippen LogP contribution < -0.4 is 10.5 Å². The van der Waals surface area contributed by atoms with Crippen LogP contribution in [0.1, 0.15) is 5.56 Å². The van der Waals surface area contributed by atoms with Crippen LogP contribution >= 0.6 is 15.9 Å². The number of anilines is 1. The predicted molar refractivity (Wildman–Crippen MR) is 47.8 cm³/mol. The fourth-order valence-corrected chi connectivity index (χ4v) is 1.05. The number of aromatic nitrogens is 1. The number of rotatable bonds is 1. The molecule has 7 heteroatoms. The molecule has 0 spiro atoms. The van der Waals surface area contributed by atoms with E-state index in [9.17, 15) is 13.2 Å². The number of pyridine rings is 1. The summed E-state index contributed by atoms with van der Waals surface area (Å²) in [5, 5.41) is 0. The summed E-state index contributed by atoms with van der Waals surface area (Å²) in [7, 11) is 0. The Kier molecular flexibility index (Phi) is 2.89. The number of hydrogen-bond acceptors (Lipinski definition) is 3. The third-order valence-corrected chi connectivity index (χ3v) is 2.45. The maximum atomic E-state index is 11.8. The van der Waals surface area contributed by atoms with Gasteiger partial charge < -0.3 is 10.5 Å². The summed E-state index contributed by atoms with van der Waals surface area (Å²) in [5.74, 6) is -0.644. The van der Waals surface area contributed by atoms with Crippen molar-refractivity contribution in [3.63, 3.8) is 0 Å². The Labute approximate surface area is 86.2 Å². The zero-order valence-corrected chi connectivity index (χ0v) is 8.61. The van der Waals surface area contributed by atoms with Gasteiger partial charge in [0.15, 0.2) is 0 Å². The standard InChI is InChI=1S/C7H6BrF3N2O/c1-3-2-13-6(5(12)4(3)8)14-7(9,10)11/h2H,12H2,1H3. The molecule has 0 saturated heterocycles. The van der Waals surface area contributed by atoms with Crippen LogP contribution in [0.25, 0.3) is 0 Å². The largest absolute Gasteiger partial charge is 0.574 e. The number of hydrogen-bond donors (Lipinski definition) is 1. The first-order valence-electron chi connectivity index (χ1n) is 3.47. The predicted octanol–water partition coefficient (Wildman–Crippen LogP) is 2.63. The van der Waals surface area contributed by atoms with Crippen LogP contribution in [0, 0.1) is 6.92 Å². The van der Waals surface area contributed by atoms with Crippen molar-refractivity contribution < 1.29 is 17.9 Å². The van der Waals surface area contributed by atoms with E-state index in [0.29, 0.717) is 10.0 Å². The van der Waals surface area contributed by atoms with Gasteiger partial charge in [0.2, 0.25) is 5.88 Å². The molecule has 78 valence electrons. The van der Waals surface area contributed by atoms with Crippen LogP contribution in [0.2, 0.25) is 0 Å². The zero-order valence-electron chi connectivity index (χ0n) is 7.02. The molecule has 0 fully saturated rings. The smallest absolute Gasteiger partial charge is 0.393 e. The normalized spacial score (nSPS) is 11.5. The van der Waals surface area contributed by atoms with Crippen LogP contribution in [-0.4, -0.2) is 11.3 Å². The Morgan fingerprint density at radius 3 is 2.57 bits per heavy atom. The van der Waals surface area contributed by atoms with Gasteiger partial charge in [0, 0.05) is 6.20 Å². The van der Waals surface area contributed by atoms with Gasteiger partial charge in [-0.2, -0.15) is 0 Å². The summed E-state index contributed by atoms with van der Waals surface area (Å²) < 4.78 is 39.4. The van der Waals surface area contributed by atoms with E-state index < -0.39 is 12.2 Å². The number of nitrogens with two attached hydrogens (primary N) is 1. The number of alkyl halides is 3. The van der Waals surface area contributed by atoms with Gasteiger partial charge in [0.1, 0.15) is 5.69 Å². The quantitative estimate of drug-likeness (QED) is 0.854. The molecular weight excluding hydrogens is 265 g/mol. The summed E-state index contributed by atoms with van der Waals surface area (Å²) in [6, 6.07) is 0. The lowest BCUT2D eigenvalue weighted by Crippen LogP contribution is -2.19. The summed E-state index contributed by atoms with van der Waals surface area (Å²) in [6.45, 7) is 1.66. The van der Waals surface area contributed by atoms with Crippen molar-refractivity contribution in [1.82, 2.24) is 4.98 Å². The molecular formula is C7H6BrF3N2O. The average Bonchev–Trinajstić information content (AvgIpc) is 2.04. The van der Waals surface area contributed by atoms with Crippen molar-refractivity contribution in [2.45, 2.75) is 13.3 Å². The van der Waals surface area contributed by atoms with Crippen LogP contribution in [0.15, 0.2) is 10.7 Å². The minimum absolute atomic E-state index is 0.165. The van der Waals surface area contributed by atoms with Gasteiger partial charge in [-0.3, -0.25) is 0 Å². The Morgan fingerprint density at radius 1 is 1.50 bits per heavy atom. The first-order chi connectivity index (χ1) is 6.31. The van der Waals surface area contributed by atoms with E-state index in [2.05, 4.69) is 25.7 Å². The topological polar surface area (TPSA) is 48.1 Å². The van der Waals surface area contributed by atoms with Gasteiger partial charge in [-0.1, -0.05) is 0 Å². The fourth-order valence-electron chi connectivity index (χ4n) is 0.779.